The van der Waals surface area contributed by atoms with Crippen LogP contribution in [0.25, 0.3) is 44.4 Å². The van der Waals surface area contributed by atoms with E-state index in [0.29, 0.717) is 11.5 Å². The normalized spacial score (nSPS) is 11.6. The Morgan fingerprint density at radius 1 is 0.812 bits per heavy atom. The maximum atomic E-state index is 6.49. The molecule has 3 heterocycles. The molecule has 0 unspecified atom stereocenters. The first-order valence-corrected chi connectivity index (χ1v) is 16.6. The first-order valence-electron chi connectivity index (χ1n) is 16.6. The maximum absolute atomic E-state index is 6.49. The smallest absolute Gasteiger partial charge is 0.509 e. The van der Waals surface area contributed by atoms with Gasteiger partial charge in [0.15, 0.2) is 0 Å². The summed E-state index contributed by atoms with van der Waals surface area (Å²) >= 11 is 0. The first-order chi connectivity index (χ1) is 22.7. The SMILES string of the molecule is CCCc1c(-c2ccc(C)cc2)c(CC)nn1-c1[c-]c(Oc2[c-]c3c(cc2)c2ccccc2n3-c2cc(C(C)(C)C)ccn2)ccc1.[Pd+2]. The van der Waals surface area contributed by atoms with Crippen LogP contribution in [0.3, 0.4) is 0 Å². The van der Waals surface area contributed by atoms with Gasteiger partial charge in [-0.3, -0.25) is 4.68 Å². The molecule has 5 nitrogen and oxygen atoms in total. The van der Waals surface area contributed by atoms with Gasteiger partial charge in [0.1, 0.15) is 5.82 Å². The van der Waals surface area contributed by atoms with Crippen molar-refractivity contribution in [2.45, 2.75) is 66.2 Å². The molecular weight excluding hydrogens is 683 g/mol. The Morgan fingerprint density at radius 2 is 1.58 bits per heavy atom. The van der Waals surface area contributed by atoms with Crippen LogP contribution >= 0.6 is 0 Å². The summed E-state index contributed by atoms with van der Waals surface area (Å²) in [6.45, 7) is 13.2. The Morgan fingerprint density at radius 3 is 2.33 bits per heavy atom. The van der Waals surface area contributed by atoms with E-state index in [2.05, 4.69) is 136 Å². The minimum absolute atomic E-state index is 0. The number of pyridine rings is 1. The molecule has 0 aliphatic heterocycles. The molecule has 0 atom stereocenters. The van der Waals surface area contributed by atoms with Crippen molar-refractivity contribution in [1.29, 1.82) is 0 Å². The topological polar surface area (TPSA) is 44.9 Å². The molecule has 48 heavy (non-hydrogen) atoms. The van der Waals surface area contributed by atoms with E-state index in [-0.39, 0.29) is 25.8 Å². The number of hydrogen-bond acceptors (Lipinski definition) is 3. The number of para-hydroxylation sites is 1. The van der Waals surface area contributed by atoms with Crippen LogP contribution in [0.5, 0.6) is 11.5 Å². The third kappa shape index (κ3) is 6.23. The molecule has 0 aliphatic rings. The van der Waals surface area contributed by atoms with Crippen LogP contribution in [0.15, 0.2) is 97.2 Å². The summed E-state index contributed by atoms with van der Waals surface area (Å²) in [7, 11) is 0. The van der Waals surface area contributed by atoms with E-state index >= 15 is 0 Å². The largest absolute Gasteiger partial charge is 2.00 e. The van der Waals surface area contributed by atoms with Gasteiger partial charge < -0.3 is 9.30 Å². The maximum Gasteiger partial charge on any atom is 2.00 e. The number of hydrogen-bond donors (Lipinski definition) is 0. The molecule has 0 fully saturated rings. The van der Waals surface area contributed by atoms with Gasteiger partial charge in [-0.2, -0.15) is 17.2 Å². The average molecular weight is 723 g/mol. The van der Waals surface area contributed by atoms with Gasteiger partial charge in [-0.1, -0.05) is 94.6 Å². The summed E-state index contributed by atoms with van der Waals surface area (Å²) in [5.41, 5.74) is 10.1. The Bertz CT molecular complexity index is 2220. The van der Waals surface area contributed by atoms with Gasteiger partial charge in [0.2, 0.25) is 0 Å². The molecule has 3 aromatic heterocycles. The van der Waals surface area contributed by atoms with Crippen molar-refractivity contribution in [1.82, 2.24) is 19.3 Å². The molecule has 0 saturated carbocycles. The van der Waals surface area contributed by atoms with E-state index in [1.807, 2.05) is 24.4 Å². The number of benzene rings is 4. The van der Waals surface area contributed by atoms with Crippen molar-refractivity contribution in [3.05, 3.63) is 132 Å². The number of aromatic nitrogens is 4. The fourth-order valence-electron chi connectivity index (χ4n) is 6.39. The monoisotopic (exact) mass is 722 g/mol. The van der Waals surface area contributed by atoms with E-state index in [0.717, 1.165) is 58.3 Å². The van der Waals surface area contributed by atoms with Crippen LogP contribution in [-0.2, 0) is 38.7 Å². The molecule has 0 saturated heterocycles. The summed E-state index contributed by atoms with van der Waals surface area (Å²) in [5, 5.41) is 7.37. The van der Waals surface area contributed by atoms with Gasteiger partial charge >= 0.3 is 20.4 Å². The first kappa shape index (κ1) is 33.4. The molecule has 0 aliphatic carbocycles. The molecule has 6 heteroatoms. The van der Waals surface area contributed by atoms with Crippen LogP contribution in [0.1, 0.15) is 63.6 Å². The summed E-state index contributed by atoms with van der Waals surface area (Å²) in [5.74, 6) is 2.09. The van der Waals surface area contributed by atoms with E-state index < -0.39 is 0 Å². The van der Waals surface area contributed by atoms with Gasteiger partial charge in [-0.15, -0.1) is 35.7 Å². The molecule has 0 radical (unpaired) electrons. The minimum Gasteiger partial charge on any atom is -0.509 e. The second-order valence-electron chi connectivity index (χ2n) is 13.2. The van der Waals surface area contributed by atoms with Crippen LogP contribution in [0.2, 0.25) is 0 Å². The van der Waals surface area contributed by atoms with Crippen LogP contribution in [-0.4, -0.2) is 19.3 Å². The van der Waals surface area contributed by atoms with Crippen molar-refractivity contribution < 1.29 is 25.2 Å². The minimum atomic E-state index is -0.000347. The molecule has 244 valence electrons. The quantitative estimate of drug-likeness (QED) is 0.116. The number of ether oxygens (including phenoxy) is 1. The number of rotatable bonds is 8. The third-order valence-electron chi connectivity index (χ3n) is 8.81. The molecule has 7 rings (SSSR count). The average Bonchev–Trinajstić information content (AvgIpc) is 3.60. The van der Waals surface area contributed by atoms with Crippen molar-refractivity contribution in [2.75, 3.05) is 0 Å². The second-order valence-corrected chi connectivity index (χ2v) is 13.2. The summed E-state index contributed by atoms with van der Waals surface area (Å²) < 4.78 is 10.7. The van der Waals surface area contributed by atoms with Gasteiger partial charge in [0, 0.05) is 34.5 Å². The van der Waals surface area contributed by atoms with E-state index in [4.69, 9.17) is 14.8 Å². The van der Waals surface area contributed by atoms with Gasteiger partial charge in [-0.05, 0) is 65.6 Å². The van der Waals surface area contributed by atoms with E-state index in [1.165, 1.54) is 27.9 Å². The Kier molecular flexibility index (Phi) is 9.43. The summed E-state index contributed by atoms with van der Waals surface area (Å²) in [6.07, 6.45) is 4.67. The predicted octanol–water partition coefficient (Wildman–Crippen LogP) is 10.5. The van der Waals surface area contributed by atoms with Gasteiger partial charge in [0.25, 0.3) is 0 Å². The van der Waals surface area contributed by atoms with Crippen molar-refractivity contribution >= 4 is 21.8 Å². The van der Waals surface area contributed by atoms with Crippen molar-refractivity contribution in [3.8, 4) is 34.1 Å². The van der Waals surface area contributed by atoms with Crippen LogP contribution in [0.4, 0.5) is 0 Å². The van der Waals surface area contributed by atoms with Crippen molar-refractivity contribution in [3.63, 3.8) is 0 Å². The fraction of sp³-hybridized carbons (Fsp3) is 0.238. The number of nitrogens with zero attached hydrogens (tertiary/aromatic N) is 4. The molecule has 0 amide bonds. The third-order valence-corrected chi connectivity index (χ3v) is 8.81. The van der Waals surface area contributed by atoms with Crippen molar-refractivity contribution in [2.24, 2.45) is 0 Å². The van der Waals surface area contributed by atoms with E-state index in [9.17, 15) is 0 Å². The Balaban J connectivity index is 0.00000401. The zero-order chi connectivity index (χ0) is 32.7. The molecule has 4 aromatic carbocycles. The number of aryl methyl sites for hydroxylation is 2. The van der Waals surface area contributed by atoms with E-state index in [1.54, 1.807) is 0 Å². The molecule has 0 N–H and O–H groups in total. The Labute approximate surface area is 297 Å². The Hall–Kier alpha value is -4.50. The summed E-state index contributed by atoms with van der Waals surface area (Å²) in [4.78, 5) is 4.81. The standard InChI is InChI=1S/C42H40N4O.Pd/c1-7-12-38-41(29-19-17-28(3)18-20-29)36(8-2)44-46(38)31-13-11-14-32(26-31)47-33-21-22-35-34-15-9-10-16-37(34)45(39(35)27-33)40-25-30(23-24-43-40)42(4,5)6;/h9-11,13-25H,7-8,12H2,1-6H3;/q-2;+2. The van der Waals surface area contributed by atoms with Gasteiger partial charge in [-0.25, -0.2) is 4.98 Å². The number of fused-ring (bicyclic) bond motifs is 3. The van der Waals surface area contributed by atoms with Gasteiger partial charge in [0.05, 0.1) is 5.69 Å². The molecule has 0 spiro atoms. The predicted molar refractivity (Wildman–Crippen MR) is 192 cm³/mol. The second kappa shape index (κ2) is 13.6. The zero-order valence-electron chi connectivity index (χ0n) is 28.4. The fourth-order valence-corrected chi connectivity index (χ4v) is 6.39. The molecule has 7 aromatic rings. The van der Waals surface area contributed by atoms with Crippen LogP contribution < -0.4 is 4.74 Å². The molecule has 0 bridgehead atoms. The van der Waals surface area contributed by atoms with Crippen LogP contribution in [0, 0.1) is 19.1 Å². The zero-order valence-corrected chi connectivity index (χ0v) is 29.9. The molecular formula is C42H40N4OPd. The summed E-state index contributed by atoms with van der Waals surface area (Å²) in [6, 6.07) is 38.7.